The Hall–Kier alpha value is -2.25. The fourth-order valence-electron chi connectivity index (χ4n) is 3.27. The van der Waals surface area contributed by atoms with E-state index < -0.39 is 21.8 Å². The van der Waals surface area contributed by atoms with Gasteiger partial charge in [-0.05, 0) is 54.2 Å². The lowest BCUT2D eigenvalue weighted by Crippen LogP contribution is -2.39. The van der Waals surface area contributed by atoms with Crippen molar-refractivity contribution in [2.45, 2.75) is 30.1 Å². The second-order valence-electron chi connectivity index (χ2n) is 6.47. The zero-order valence-electron chi connectivity index (χ0n) is 14.1. The van der Waals surface area contributed by atoms with E-state index in [0.717, 1.165) is 30.5 Å². The van der Waals surface area contributed by atoms with E-state index in [-0.39, 0.29) is 17.2 Å². The number of carboxylic acids is 1. The van der Waals surface area contributed by atoms with Crippen LogP contribution < -0.4 is 0 Å². The molecule has 0 amide bonds. The van der Waals surface area contributed by atoms with Gasteiger partial charge in [-0.25, -0.2) is 12.8 Å². The molecule has 0 radical (unpaired) electrons. The van der Waals surface area contributed by atoms with Crippen molar-refractivity contribution in [1.82, 2.24) is 4.31 Å². The molecular weight excluding hydrogens is 357 g/mol. The van der Waals surface area contributed by atoms with Crippen molar-refractivity contribution in [2.75, 3.05) is 13.1 Å². The van der Waals surface area contributed by atoms with Gasteiger partial charge in [-0.1, -0.05) is 24.3 Å². The number of hydrogen-bond acceptors (Lipinski definition) is 3. The molecule has 7 heteroatoms. The van der Waals surface area contributed by atoms with Crippen LogP contribution in [0, 0.1) is 5.82 Å². The highest BCUT2D eigenvalue weighted by molar-refractivity contribution is 7.89. The van der Waals surface area contributed by atoms with Crippen LogP contribution in [0.4, 0.5) is 4.39 Å². The Bertz CT molecular complexity index is 879. The van der Waals surface area contributed by atoms with Gasteiger partial charge in [0, 0.05) is 13.1 Å². The largest absolute Gasteiger partial charge is 0.481 e. The van der Waals surface area contributed by atoms with Gasteiger partial charge in [0.25, 0.3) is 0 Å². The molecule has 0 aliphatic carbocycles. The summed E-state index contributed by atoms with van der Waals surface area (Å²) < 4.78 is 40.1. The number of nitrogens with zero attached hydrogens (tertiary/aromatic N) is 1. The molecule has 1 N–H and O–H groups in total. The van der Waals surface area contributed by atoms with Crippen LogP contribution in [0.2, 0.25) is 0 Å². The van der Waals surface area contributed by atoms with Crippen LogP contribution in [0.25, 0.3) is 0 Å². The second kappa shape index (κ2) is 7.55. The smallest absolute Gasteiger partial charge is 0.307 e. The van der Waals surface area contributed by atoms with Gasteiger partial charge in [0.1, 0.15) is 5.82 Å². The summed E-state index contributed by atoms with van der Waals surface area (Å²) in [5.74, 6) is -1.30. The van der Waals surface area contributed by atoms with Crippen molar-refractivity contribution in [3.05, 3.63) is 65.5 Å². The molecule has 1 fully saturated rings. The number of benzene rings is 2. The molecule has 2 aromatic carbocycles. The molecule has 1 aliphatic heterocycles. The Balaban J connectivity index is 1.76. The molecule has 26 heavy (non-hydrogen) atoms. The zero-order chi connectivity index (χ0) is 18.7. The fraction of sp³-hybridized carbons (Fsp3) is 0.316. The third-order valence-corrected chi connectivity index (χ3v) is 6.52. The quantitative estimate of drug-likeness (QED) is 0.869. The molecule has 0 bridgehead atoms. The summed E-state index contributed by atoms with van der Waals surface area (Å²) in [5.41, 5.74) is 1.71. The molecule has 0 saturated carbocycles. The van der Waals surface area contributed by atoms with E-state index in [1.165, 1.54) is 16.4 Å². The molecule has 1 saturated heterocycles. The topological polar surface area (TPSA) is 74.7 Å². The van der Waals surface area contributed by atoms with E-state index in [1.807, 2.05) is 12.1 Å². The Labute approximate surface area is 152 Å². The number of hydrogen-bond donors (Lipinski definition) is 1. The highest BCUT2D eigenvalue weighted by atomic mass is 32.2. The van der Waals surface area contributed by atoms with E-state index in [0.29, 0.717) is 18.7 Å². The number of piperidine rings is 1. The molecule has 0 spiro atoms. The first-order valence-electron chi connectivity index (χ1n) is 8.42. The van der Waals surface area contributed by atoms with Crippen molar-refractivity contribution in [1.29, 1.82) is 0 Å². The normalized spacial score (nSPS) is 18.6. The van der Waals surface area contributed by atoms with Gasteiger partial charge in [0.2, 0.25) is 10.0 Å². The predicted molar refractivity (Wildman–Crippen MR) is 94.9 cm³/mol. The van der Waals surface area contributed by atoms with Crippen LogP contribution in [0.5, 0.6) is 0 Å². The number of rotatable bonds is 5. The Morgan fingerprint density at radius 3 is 2.38 bits per heavy atom. The summed E-state index contributed by atoms with van der Waals surface area (Å²) in [5, 5.41) is 8.84. The van der Waals surface area contributed by atoms with Crippen LogP contribution in [0.15, 0.2) is 53.4 Å². The summed E-state index contributed by atoms with van der Waals surface area (Å²) >= 11 is 0. The van der Waals surface area contributed by atoms with E-state index >= 15 is 0 Å². The predicted octanol–water partition coefficient (Wildman–Crippen LogP) is 3.02. The van der Waals surface area contributed by atoms with Gasteiger partial charge in [-0.2, -0.15) is 4.31 Å². The minimum absolute atomic E-state index is 0.0317. The van der Waals surface area contributed by atoms with E-state index in [4.69, 9.17) is 5.11 Å². The summed E-state index contributed by atoms with van der Waals surface area (Å²) in [7, 11) is -3.65. The van der Waals surface area contributed by atoms with Gasteiger partial charge < -0.3 is 5.11 Å². The van der Waals surface area contributed by atoms with Crippen LogP contribution >= 0.6 is 0 Å². The van der Waals surface area contributed by atoms with Crippen LogP contribution in [0.3, 0.4) is 0 Å². The molecule has 5 nitrogen and oxygen atoms in total. The first-order valence-corrected chi connectivity index (χ1v) is 9.86. The Morgan fingerprint density at radius 2 is 1.77 bits per heavy atom. The van der Waals surface area contributed by atoms with E-state index in [2.05, 4.69) is 0 Å². The maximum absolute atomic E-state index is 13.1. The third kappa shape index (κ3) is 4.11. The van der Waals surface area contributed by atoms with Gasteiger partial charge in [0.05, 0.1) is 11.3 Å². The number of sulfonamides is 1. The van der Waals surface area contributed by atoms with Gasteiger partial charge in [0.15, 0.2) is 0 Å². The molecular formula is C19H20FNO4S. The highest BCUT2D eigenvalue weighted by Crippen LogP contribution is 2.30. The maximum atomic E-state index is 13.1. The minimum atomic E-state index is -3.65. The number of aliphatic carboxylic acids is 1. The summed E-state index contributed by atoms with van der Waals surface area (Å²) in [6.45, 7) is 0.797. The molecule has 1 aliphatic rings. The Morgan fingerprint density at radius 1 is 1.12 bits per heavy atom. The van der Waals surface area contributed by atoms with Crippen molar-refractivity contribution in [3.63, 3.8) is 0 Å². The molecule has 0 aromatic heterocycles. The average molecular weight is 377 g/mol. The molecule has 138 valence electrons. The number of halogens is 1. The van der Waals surface area contributed by atoms with Crippen molar-refractivity contribution in [3.8, 4) is 0 Å². The van der Waals surface area contributed by atoms with Crippen molar-refractivity contribution >= 4 is 16.0 Å². The lowest BCUT2D eigenvalue weighted by molar-refractivity contribution is -0.136. The summed E-state index contributed by atoms with van der Waals surface area (Å²) in [6.07, 6.45) is 1.58. The summed E-state index contributed by atoms with van der Waals surface area (Å²) in [6, 6.07) is 12.2. The second-order valence-corrected chi connectivity index (χ2v) is 8.41. The van der Waals surface area contributed by atoms with Gasteiger partial charge in [-0.3, -0.25) is 4.79 Å². The maximum Gasteiger partial charge on any atom is 0.307 e. The van der Waals surface area contributed by atoms with Crippen LogP contribution in [-0.4, -0.2) is 36.9 Å². The first-order chi connectivity index (χ1) is 12.4. The van der Waals surface area contributed by atoms with E-state index in [1.54, 1.807) is 12.1 Å². The molecule has 0 unspecified atom stereocenters. The standard InChI is InChI=1S/C19H20FNO4S/c20-17-7-9-18(10-8-17)26(24,25)21-11-1-2-16(13-21)15-5-3-14(4-6-15)12-19(22)23/h3-10,16H,1-2,11-13H2,(H,22,23)/t16-/m1/s1. The average Bonchev–Trinajstić information content (AvgIpc) is 2.62. The fourth-order valence-corrected chi connectivity index (χ4v) is 4.79. The lowest BCUT2D eigenvalue weighted by Gasteiger charge is -2.32. The molecule has 2 aromatic rings. The van der Waals surface area contributed by atoms with Gasteiger partial charge >= 0.3 is 5.97 Å². The summed E-state index contributed by atoms with van der Waals surface area (Å²) in [4.78, 5) is 10.9. The molecule has 1 heterocycles. The monoisotopic (exact) mass is 377 g/mol. The van der Waals surface area contributed by atoms with Crippen molar-refractivity contribution in [2.24, 2.45) is 0 Å². The SMILES string of the molecule is O=C(O)Cc1ccc([C@@H]2CCCN(S(=O)(=O)c3ccc(F)cc3)C2)cc1. The van der Waals surface area contributed by atoms with Gasteiger partial charge in [-0.15, -0.1) is 0 Å². The third-order valence-electron chi connectivity index (χ3n) is 4.64. The number of carboxylic acid groups (broad SMARTS) is 1. The van der Waals surface area contributed by atoms with Crippen LogP contribution in [-0.2, 0) is 21.2 Å². The van der Waals surface area contributed by atoms with Crippen LogP contribution in [0.1, 0.15) is 29.9 Å². The zero-order valence-corrected chi connectivity index (χ0v) is 15.0. The van der Waals surface area contributed by atoms with Crippen molar-refractivity contribution < 1.29 is 22.7 Å². The highest BCUT2D eigenvalue weighted by Gasteiger charge is 2.30. The molecule has 1 atom stereocenters. The minimum Gasteiger partial charge on any atom is -0.481 e. The van der Waals surface area contributed by atoms with E-state index in [9.17, 15) is 17.6 Å². The molecule has 3 rings (SSSR count). The lowest BCUT2D eigenvalue weighted by atomic mass is 9.91. The Kier molecular flexibility index (Phi) is 5.38. The number of carbonyl (C=O) groups is 1. The first kappa shape index (κ1) is 18.5.